The van der Waals surface area contributed by atoms with Crippen molar-refractivity contribution >= 4 is 0 Å². The van der Waals surface area contributed by atoms with Crippen molar-refractivity contribution in [1.29, 1.82) is 0 Å². The van der Waals surface area contributed by atoms with Crippen LogP contribution in [-0.4, -0.2) is 6.54 Å². The lowest BCUT2D eigenvalue weighted by Gasteiger charge is -2.10. The monoisotopic (exact) mass is 295 g/mol. The summed E-state index contributed by atoms with van der Waals surface area (Å²) in [5.41, 5.74) is 1.01. The lowest BCUT2D eigenvalue weighted by atomic mass is 10.2. The fourth-order valence-electron chi connectivity index (χ4n) is 1.90. The van der Waals surface area contributed by atoms with E-state index < -0.39 is 23.2 Å². The largest absolute Gasteiger partial charge is 0.483 e. The van der Waals surface area contributed by atoms with E-state index in [1.165, 1.54) is 30.3 Å². The molecule has 1 N–H and O–H groups in total. The molecule has 0 heterocycles. The fraction of sp³-hybridized carbons (Fsp3) is 0.250. The molecule has 2 aromatic carbocycles. The van der Waals surface area contributed by atoms with Gasteiger partial charge in [0.15, 0.2) is 17.4 Å². The third-order valence-corrected chi connectivity index (χ3v) is 2.91. The van der Waals surface area contributed by atoms with Crippen LogP contribution in [0.2, 0.25) is 0 Å². The first-order valence-corrected chi connectivity index (χ1v) is 6.66. The predicted molar refractivity (Wildman–Crippen MR) is 74.5 cm³/mol. The Labute approximate surface area is 121 Å². The number of hydrogen-bond donors (Lipinski definition) is 1. The summed E-state index contributed by atoms with van der Waals surface area (Å²) in [6, 6.07) is 8.15. The number of ether oxygens (including phenoxy) is 1. The zero-order valence-corrected chi connectivity index (χ0v) is 11.6. The van der Waals surface area contributed by atoms with Crippen LogP contribution in [0.15, 0.2) is 36.4 Å². The Morgan fingerprint density at radius 3 is 2.33 bits per heavy atom. The second kappa shape index (κ2) is 7.13. The van der Waals surface area contributed by atoms with E-state index in [9.17, 15) is 13.2 Å². The first kappa shape index (κ1) is 15.4. The summed E-state index contributed by atoms with van der Waals surface area (Å²) in [4.78, 5) is 0. The first-order valence-electron chi connectivity index (χ1n) is 6.66. The molecule has 0 aliphatic heterocycles. The summed E-state index contributed by atoms with van der Waals surface area (Å²) >= 11 is 0. The number of halogens is 3. The van der Waals surface area contributed by atoms with Crippen LogP contribution in [0.1, 0.15) is 18.1 Å². The highest BCUT2D eigenvalue weighted by Crippen LogP contribution is 2.24. The molecule has 0 spiro atoms. The molecule has 0 atom stereocenters. The molecule has 2 rings (SSSR count). The Hall–Kier alpha value is -2.01. The molecule has 0 saturated carbocycles. The average Bonchev–Trinajstić information content (AvgIpc) is 2.44. The van der Waals surface area contributed by atoms with E-state index in [4.69, 9.17) is 4.74 Å². The summed E-state index contributed by atoms with van der Waals surface area (Å²) in [7, 11) is 0. The lowest BCUT2D eigenvalue weighted by molar-refractivity contribution is 0.273. The Morgan fingerprint density at radius 1 is 1.00 bits per heavy atom. The van der Waals surface area contributed by atoms with Gasteiger partial charge < -0.3 is 10.1 Å². The van der Waals surface area contributed by atoms with E-state index in [1.54, 1.807) is 6.07 Å². The van der Waals surface area contributed by atoms with Crippen molar-refractivity contribution in [3.8, 4) is 5.75 Å². The van der Waals surface area contributed by atoms with Gasteiger partial charge in [0.1, 0.15) is 12.4 Å². The summed E-state index contributed by atoms with van der Waals surface area (Å²) in [5, 5.41) is 2.99. The van der Waals surface area contributed by atoms with Crippen molar-refractivity contribution in [1.82, 2.24) is 5.32 Å². The zero-order chi connectivity index (χ0) is 15.2. The standard InChI is InChI=1S/C16H16F3NO/c1-2-20-9-12-7-14(18)16(15(19)8-12)21-10-11-4-3-5-13(17)6-11/h3-8,20H,2,9-10H2,1H3. The van der Waals surface area contributed by atoms with Crippen LogP contribution in [0.25, 0.3) is 0 Å². The minimum atomic E-state index is -0.765. The minimum Gasteiger partial charge on any atom is -0.483 e. The van der Waals surface area contributed by atoms with E-state index in [-0.39, 0.29) is 6.61 Å². The van der Waals surface area contributed by atoms with E-state index in [1.807, 2.05) is 6.92 Å². The molecule has 0 aliphatic rings. The van der Waals surface area contributed by atoms with Gasteiger partial charge in [-0.25, -0.2) is 13.2 Å². The van der Waals surface area contributed by atoms with Gasteiger partial charge in [-0.1, -0.05) is 19.1 Å². The molecule has 0 fully saturated rings. The summed E-state index contributed by atoms with van der Waals surface area (Å²) in [5.74, 6) is -2.39. The number of nitrogens with one attached hydrogen (secondary N) is 1. The van der Waals surface area contributed by atoms with E-state index in [0.717, 1.165) is 0 Å². The van der Waals surface area contributed by atoms with Crippen LogP contribution in [0.3, 0.4) is 0 Å². The highest BCUT2D eigenvalue weighted by Gasteiger charge is 2.13. The summed E-state index contributed by atoms with van der Waals surface area (Å²) in [6.45, 7) is 2.90. The van der Waals surface area contributed by atoms with Gasteiger partial charge in [0.25, 0.3) is 0 Å². The molecule has 0 saturated heterocycles. The van der Waals surface area contributed by atoms with Crippen LogP contribution >= 0.6 is 0 Å². The van der Waals surface area contributed by atoms with Gasteiger partial charge in [-0.05, 0) is 41.9 Å². The van der Waals surface area contributed by atoms with Crippen LogP contribution in [0, 0.1) is 17.5 Å². The molecule has 5 heteroatoms. The molecule has 0 aromatic heterocycles. The fourth-order valence-corrected chi connectivity index (χ4v) is 1.90. The maximum atomic E-state index is 13.9. The SMILES string of the molecule is CCNCc1cc(F)c(OCc2cccc(F)c2)c(F)c1. The third kappa shape index (κ3) is 4.23. The van der Waals surface area contributed by atoms with E-state index in [2.05, 4.69) is 5.32 Å². The van der Waals surface area contributed by atoms with Crippen molar-refractivity contribution in [2.45, 2.75) is 20.1 Å². The summed E-state index contributed by atoms with van der Waals surface area (Å²) < 4.78 is 45.8. The maximum Gasteiger partial charge on any atom is 0.191 e. The molecule has 0 amide bonds. The number of hydrogen-bond acceptors (Lipinski definition) is 2. The van der Waals surface area contributed by atoms with Gasteiger partial charge in [0.2, 0.25) is 0 Å². The van der Waals surface area contributed by atoms with Crippen LogP contribution < -0.4 is 10.1 Å². The Balaban J connectivity index is 2.09. The molecule has 0 radical (unpaired) electrons. The molecule has 0 unspecified atom stereocenters. The van der Waals surface area contributed by atoms with Crippen molar-refractivity contribution in [2.24, 2.45) is 0 Å². The summed E-state index contributed by atoms with van der Waals surface area (Å²) in [6.07, 6.45) is 0. The highest BCUT2D eigenvalue weighted by molar-refractivity contribution is 5.31. The van der Waals surface area contributed by atoms with E-state index >= 15 is 0 Å². The smallest absolute Gasteiger partial charge is 0.191 e. The van der Waals surface area contributed by atoms with Gasteiger partial charge in [0.05, 0.1) is 0 Å². The van der Waals surface area contributed by atoms with Crippen LogP contribution in [-0.2, 0) is 13.2 Å². The van der Waals surface area contributed by atoms with Crippen molar-refractivity contribution < 1.29 is 17.9 Å². The van der Waals surface area contributed by atoms with Gasteiger partial charge in [-0.15, -0.1) is 0 Å². The van der Waals surface area contributed by atoms with E-state index in [0.29, 0.717) is 24.2 Å². The van der Waals surface area contributed by atoms with Gasteiger partial charge in [-0.2, -0.15) is 0 Å². The Bertz CT molecular complexity index is 593. The van der Waals surface area contributed by atoms with Crippen molar-refractivity contribution in [3.63, 3.8) is 0 Å². The van der Waals surface area contributed by atoms with Crippen LogP contribution in [0.5, 0.6) is 5.75 Å². The number of benzene rings is 2. The quantitative estimate of drug-likeness (QED) is 0.875. The molecular formula is C16H16F3NO. The minimum absolute atomic E-state index is 0.0991. The Morgan fingerprint density at radius 2 is 1.71 bits per heavy atom. The first-order chi connectivity index (χ1) is 10.1. The molecule has 21 heavy (non-hydrogen) atoms. The zero-order valence-electron chi connectivity index (χ0n) is 11.6. The predicted octanol–water partition coefficient (Wildman–Crippen LogP) is 3.79. The molecule has 112 valence electrons. The number of rotatable bonds is 6. The van der Waals surface area contributed by atoms with Gasteiger partial charge in [0, 0.05) is 6.54 Å². The average molecular weight is 295 g/mol. The normalized spacial score (nSPS) is 10.7. The molecular weight excluding hydrogens is 279 g/mol. The topological polar surface area (TPSA) is 21.3 Å². The van der Waals surface area contributed by atoms with Gasteiger partial charge in [-0.3, -0.25) is 0 Å². The third-order valence-electron chi connectivity index (χ3n) is 2.91. The Kier molecular flexibility index (Phi) is 5.22. The highest BCUT2D eigenvalue weighted by atomic mass is 19.1. The molecule has 0 bridgehead atoms. The van der Waals surface area contributed by atoms with Crippen molar-refractivity contribution in [3.05, 3.63) is 65.0 Å². The van der Waals surface area contributed by atoms with Crippen molar-refractivity contribution in [2.75, 3.05) is 6.54 Å². The second-order valence-electron chi connectivity index (χ2n) is 4.59. The molecule has 0 aliphatic carbocycles. The van der Waals surface area contributed by atoms with Gasteiger partial charge >= 0.3 is 0 Å². The van der Waals surface area contributed by atoms with Crippen LogP contribution in [0.4, 0.5) is 13.2 Å². The molecule has 2 nitrogen and oxygen atoms in total. The maximum absolute atomic E-state index is 13.9. The lowest BCUT2D eigenvalue weighted by Crippen LogP contribution is -2.12. The molecule has 2 aromatic rings. The second-order valence-corrected chi connectivity index (χ2v) is 4.59.